The highest BCUT2D eigenvalue weighted by molar-refractivity contribution is 5.78. The van der Waals surface area contributed by atoms with Gasteiger partial charge in [0, 0.05) is 30.7 Å². The molecule has 0 amide bonds. The Morgan fingerprint density at radius 2 is 1.90 bits per heavy atom. The summed E-state index contributed by atoms with van der Waals surface area (Å²) < 4.78 is 1.84. The summed E-state index contributed by atoms with van der Waals surface area (Å²) in [6.07, 6.45) is 7.43. The first-order valence-corrected chi connectivity index (χ1v) is 7.93. The van der Waals surface area contributed by atoms with Crippen molar-refractivity contribution >= 4 is 10.9 Å². The summed E-state index contributed by atoms with van der Waals surface area (Å²) >= 11 is 0. The van der Waals surface area contributed by atoms with Gasteiger partial charge in [0.05, 0.1) is 11.1 Å². The second-order valence-electron chi connectivity index (χ2n) is 6.92. The van der Waals surface area contributed by atoms with Gasteiger partial charge in [-0.1, -0.05) is 18.6 Å². The molecule has 3 heterocycles. The molecule has 112 valence electrons. The van der Waals surface area contributed by atoms with E-state index in [4.69, 9.17) is 0 Å². The average molecular weight is 285 g/mol. The quantitative estimate of drug-likeness (QED) is 0.875. The number of aliphatic hydroxyl groups is 1. The highest BCUT2D eigenvalue weighted by atomic mass is 16.3. The zero-order chi connectivity index (χ0) is 14.6. The van der Waals surface area contributed by atoms with Crippen LogP contribution >= 0.6 is 0 Å². The van der Waals surface area contributed by atoms with Gasteiger partial charge in [-0.05, 0) is 44.4 Å². The van der Waals surface area contributed by atoms with E-state index in [1.54, 1.807) is 0 Å². The van der Waals surface area contributed by atoms with E-state index in [1.807, 2.05) is 17.9 Å². The van der Waals surface area contributed by atoms with Gasteiger partial charge in [-0.3, -0.25) is 4.68 Å². The summed E-state index contributed by atoms with van der Waals surface area (Å²) in [5.74, 6) is 0. The van der Waals surface area contributed by atoms with E-state index in [0.29, 0.717) is 12.1 Å². The largest absolute Gasteiger partial charge is 0.385 e. The Hall–Kier alpha value is -1.39. The molecule has 0 radical (unpaired) electrons. The van der Waals surface area contributed by atoms with E-state index in [1.165, 1.54) is 19.3 Å². The van der Waals surface area contributed by atoms with Gasteiger partial charge in [-0.2, -0.15) is 5.10 Å². The topological polar surface area (TPSA) is 41.3 Å². The first-order chi connectivity index (χ1) is 10.0. The van der Waals surface area contributed by atoms with Gasteiger partial charge in [0.25, 0.3) is 0 Å². The Labute approximate surface area is 125 Å². The molecule has 4 rings (SSSR count). The predicted molar refractivity (Wildman–Crippen MR) is 83.0 cm³/mol. The van der Waals surface area contributed by atoms with Crippen LogP contribution in [0, 0.1) is 0 Å². The normalized spacial score (nSPS) is 33.5. The standard InChI is InChI=1S/C17H23N3O/c1-19-11-12-6-7-13(8-16(12)18-19)17(21)9-14-4-3-5-15(10-17)20(14)2/h6-8,11,14-15,21H,3-5,9-10H2,1-2H3. The second-order valence-corrected chi connectivity index (χ2v) is 6.92. The summed E-state index contributed by atoms with van der Waals surface area (Å²) in [6, 6.07) is 7.29. The first-order valence-electron chi connectivity index (χ1n) is 7.93. The third-order valence-electron chi connectivity index (χ3n) is 5.53. The molecular formula is C17H23N3O. The molecule has 4 heteroatoms. The fourth-order valence-corrected chi connectivity index (χ4v) is 4.31. The molecule has 1 aromatic heterocycles. The Kier molecular flexibility index (Phi) is 2.88. The molecule has 4 nitrogen and oxygen atoms in total. The summed E-state index contributed by atoms with van der Waals surface area (Å²) in [4.78, 5) is 2.48. The molecule has 2 aliphatic rings. The number of nitrogens with zero attached hydrogens (tertiary/aromatic N) is 3. The molecule has 21 heavy (non-hydrogen) atoms. The maximum Gasteiger partial charge on any atom is 0.0927 e. The van der Waals surface area contributed by atoms with E-state index in [9.17, 15) is 5.11 Å². The Bertz CT molecular complexity index is 664. The minimum absolute atomic E-state index is 0.516. The van der Waals surface area contributed by atoms with Gasteiger partial charge in [-0.25, -0.2) is 0 Å². The van der Waals surface area contributed by atoms with Crippen molar-refractivity contribution in [3.05, 3.63) is 30.0 Å². The molecule has 2 aliphatic heterocycles. The maximum atomic E-state index is 11.3. The lowest BCUT2D eigenvalue weighted by molar-refractivity contribution is -0.0874. The summed E-state index contributed by atoms with van der Waals surface area (Å²) in [7, 11) is 4.16. The van der Waals surface area contributed by atoms with Crippen molar-refractivity contribution in [2.75, 3.05) is 7.05 Å². The maximum absolute atomic E-state index is 11.3. The molecule has 0 saturated carbocycles. The fourth-order valence-electron chi connectivity index (χ4n) is 4.31. The second kappa shape index (κ2) is 4.55. The molecule has 0 spiro atoms. The fraction of sp³-hybridized carbons (Fsp3) is 0.588. The lowest BCUT2D eigenvalue weighted by Gasteiger charge is -2.50. The van der Waals surface area contributed by atoms with Crippen LogP contribution in [0.5, 0.6) is 0 Å². The van der Waals surface area contributed by atoms with E-state index in [-0.39, 0.29) is 0 Å². The first kappa shape index (κ1) is 13.3. The summed E-state index contributed by atoms with van der Waals surface area (Å²) in [5, 5.41) is 16.9. The van der Waals surface area contributed by atoms with E-state index >= 15 is 0 Å². The van der Waals surface area contributed by atoms with Crippen LogP contribution in [0.15, 0.2) is 24.4 Å². The summed E-state index contributed by atoms with van der Waals surface area (Å²) in [5.41, 5.74) is 1.33. The molecule has 2 saturated heterocycles. The zero-order valence-electron chi connectivity index (χ0n) is 12.8. The molecule has 2 bridgehead atoms. The number of fused-ring (bicyclic) bond motifs is 3. The van der Waals surface area contributed by atoms with Crippen LogP contribution in [0.2, 0.25) is 0 Å². The van der Waals surface area contributed by atoms with Gasteiger partial charge in [0.15, 0.2) is 0 Å². The van der Waals surface area contributed by atoms with Gasteiger partial charge in [0.1, 0.15) is 0 Å². The third-order valence-corrected chi connectivity index (χ3v) is 5.53. The molecule has 2 fully saturated rings. The van der Waals surface area contributed by atoms with Gasteiger partial charge < -0.3 is 10.0 Å². The lowest BCUT2D eigenvalue weighted by atomic mass is 9.73. The smallest absolute Gasteiger partial charge is 0.0927 e. The van der Waals surface area contributed by atoms with Crippen molar-refractivity contribution in [1.82, 2.24) is 14.7 Å². The minimum atomic E-state index is -0.687. The number of rotatable bonds is 1. The average Bonchev–Trinajstić information content (AvgIpc) is 2.80. The van der Waals surface area contributed by atoms with Crippen LogP contribution in [0.4, 0.5) is 0 Å². The van der Waals surface area contributed by atoms with Crippen molar-refractivity contribution in [2.45, 2.75) is 49.8 Å². The Morgan fingerprint density at radius 3 is 2.62 bits per heavy atom. The van der Waals surface area contributed by atoms with Crippen molar-refractivity contribution in [2.24, 2.45) is 7.05 Å². The lowest BCUT2D eigenvalue weighted by Crippen LogP contribution is -2.55. The minimum Gasteiger partial charge on any atom is -0.385 e. The van der Waals surface area contributed by atoms with Crippen molar-refractivity contribution in [1.29, 1.82) is 0 Å². The predicted octanol–water partition coefficient (Wildman–Crippen LogP) is 2.41. The van der Waals surface area contributed by atoms with Crippen LogP contribution in [-0.2, 0) is 12.6 Å². The number of benzene rings is 1. The molecule has 0 aliphatic carbocycles. The van der Waals surface area contributed by atoms with Gasteiger partial charge >= 0.3 is 0 Å². The molecule has 1 aromatic carbocycles. The summed E-state index contributed by atoms with van der Waals surface area (Å²) in [6.45, 7) is 0. The van der Waals surface area contributed by atoms with Gasteiger partial charge in [-0.15, -0.1) is 0 Å². The number of hydrogen-bond acceptors (Lipinski definition) is 3. The molecular weight excluding hydrogens is 262 g/mol. The van der Waals surface area contributed by atoms with Crippen molar-refractivity contribution in [3.63, 3.8) is 0 Å². The van der Waals surface area contributed by atoms with Crippen molar-refractivity contribution < 1.29 is 5.11 Å². The number of aromatic nitrogens is 2. The van der Waals surface area contributed by atoms with Crippen LogP contribution in [0.3, 0.4) is 0 Å². The molecule has 2 unspecified atom stereocenters. The molecule has 2 atom stereocenters. The molecule has 2 aromatic rings. The van der Waals surface area contributed by atoms with E-state index in [0.717, 1.165) is 29.3 Å². The monoisotopic (exact) mass is 285 g/mol. The Balaban J connectivity index is 1.72. The number of aryl methyl sites for hydroxylation is 1. The molecule has 1 N–H and O–H groups in total. The highest BCUT2D eigenvalue weighted by Gasteiger charge is 2.44. The third kappa shape index (κ3) is 2.09. The number of piperidine rings is 2. The SMILES string of the molecule is CN1C2CCCC1CC(O)(c1ccc3cn(C)nc3c1)C2. The zero-order valence-corrected chi connectivity index (χ0v) is 12.8. The van der Waals surface area contributed by atoms with E-state index in [2.05, 4.69) is 35.2 Å². The van der Waals surface area contributed by atoms with Gasteiger partial charge in [0.2, 0.25) is 0 Å². The van der Waals surface area contributed by atoms with Crippen LogP contribution in [-0.4, -0.2) is 38.9 Å². The highest BCUT2D eigenvalue weighted by Crippen LogP contribution is 2.43. The van der Waals surface area contributed by atoms with Crippen LogP contribution < -0.4 is 0 Å². The van der Waals surface area contributed by atoms with Crippen molar-refractivity contribution in [3.8, 4) is 0 Å². The number of hydrogen-bond donors (Lipinski definition) is 1. The van der Waals surface area contributed by atoms with Crippen LogP contribution in [0.1, 0.15) is 37.7 Å². The van der Waals surface area contributed by atoms with E-state index < -0.39 is 5.60 Å². The Morgan fingerprint density at radius 1 is 1.19 bits per heavy atom. The van der Waals surface area contributed by atoms with Crippen LogP contribution in [0.25, 0.3) is 10.9 Å².